The molecule has 0 aliphatic rings. The van der Waals surface area contributed by atoms with Gasteiger partial charge in [-0.2, -0.15) is 13.2 Å². The number of carbonyl (C=O) groups is 2. The van der Waals surface area contributed by atoms with Crippen molar-refractivity contribution < 1.29 is 33.0 Å². The molecule has 0 atom stereocenters. The molecule has 0 radical (unpaired) electrons. The van der Waals surface area contributed by atoms with E-state index in [1.165, 1.54) is 18.2 Å². The van der Waals surface area contributed by atoms with Gasteiger partial charge in [0.2, 0.25) is 0 Å². The number of aryl methyl sites for hydroxylation is 2. The van der Waals surface area contributed by atoms with E-state index in [2.05, 4.69) is 5.32 Å². The van der Waals surface area contributed by atoms with Crippen LogP contribution in [0.1, 0.15) is 38.3 Å². The number of benzene rings is 2. The van der Waals surface area contributed by atoms with Gasteiger partial charge in [0.25, 0.3) is 0 Å². The van der Waals surface area contributed by atoms with Gasteiger partial charge < -0.3 is 21.3 Å². The minimum Gasteiger partial charge on any atom is -0.478 e. The molecule has 0 spiro atoms. The highest BCUT2D eigenvalue weighted by Gasteiger charge is 2.26. The Bertz CT molecular complexity index is 852. The maximum atomic E-state index is 11.9. The number of halogens is 3. The highest BCUT2D eigenvalue weighted by molar-refractivity contribution is 5.94. The number of alkyl halides is 3. The average molecular weight is 398 g/mol. The first-order valence-electron chi connectivity index (χ1n) is 8.14. The Morgan fingerprint density at radius 2 is 1.46 bits per heavy atom. The summed E-state index contributed by atoms with van der Waals surface area (Å²) in [6.07, 6.45) is -5.25. The maximum absolute atomic E-state index is 11.9. The summed E-state index contributed by atoms with van der Waals surface area (Å²) in [4.78, 5) is 21.3. The smallest absolute Gasteiger partial charge is 0.390 e. The van der Waals surface area contributed by atoms with E-state index in [0.29, 0.717) is 5.69 Å². The van der Waals surface area contributed by atoms with Crippen molar-refractivity contribution in [3.63, 3.8) is 0 Å². The third kappa shape index (κ3) is 7.56. The lowest BCUT2D eigenvalue weighted by Crippen LogP contribution is -2.16. The van der Waals surface area contributed by atoms with Crippen molar-refractivity contribution in [3.8, 4) is 0 Å². The number of rotatable bonds is 5. The van der Waals surface area contributed by atoms with Gasteiger partial charge >= 0.3 is 18.1 Å². The van der Waals surface area contributed by atoms with Gasteiger partial charge in [0.15, 0.2) is 0 Å². The third-order valence-electron chi connectivity index (χ3n) is 3.57. The zero-order chi connectivity index (χ0) is 21.5. The van der Waals surface area contributed by atoms with Crippen LogP contribution >= 0.6 is 0 Å². The molecule has 9 heteroatoms. The molecule has 0 saturated carbocycles. The quantitative estimate of drug-likeness (QED) is 0.558. The fraction of sp³-hybridized carbons (Fsp3) is 0.263. The van der Waals surface area contributed by atoms with Crippen LogP contribution < -0.4 is 11.1 Å². The first-order valence-corrected chi connectivity index (χ1v) is 8.14. The van der Waals surface area contributed by atoms with Crippen LogP contribution in [0.2, 0.25) is 0 Å². The first kappa shape index (κ1) is 22.8. The van der Waals surface area contributed by atoms with E-state index in [4.69, 9.17) is 15.9 Å². The summed E-state index contributed by atoms with van der Waals surface area (Å²) in [6, 6.07) is 9.35. The topological polar surface area (TPSA) is 113 Å². The molecular weight excluding hydrogens is 377 g/mol. The van der Waals surface area contributed by atoms with Gasteiger partial charge in [0.1, 0.15) is 0 Å². The van der Waals surface area contributed by atoms with Gasteiger partial charge in [-0.25, -0.2) is 9.59 Å². The molecule has 0 aromatic heterocycles. The molecule has 2 aromatic rings. The van der Waals surface area contributed by atoms with Crippen LogP contribution in [0.3, 0.4) is 0 Å². The Kier molecular flexibility index (Phi) is 7.85. The van der Waals surface area contributed by atoms with Crippen molar-refractivity contribution >= 4 is 23.3 Å². The maximum Gasteiger partial charge on any atom is 0.390 e. The first-order chi connectivity index (χ1) is 12.9. The Labute approximate surface area is 159 Å². The Balaban J connectivity index is 0.000000307. The minimum atomic E-state index is -4.25. The van der Waals surface area contributed by atoms with Gasteiger partial charge in [-0.05, 0) is 49.2 Å². The summed E-state index contributed by atoms with van der Waals surface area (Å²) in [5, 5.41) is 19.9. The largest absolute Gasteiger partial charge is 0.478 e. The van der Waals surface area contributed by atoms with Crippen molar-refractivity contribution in [2.75, 3.05) is 17.6 Å². The summed E-state index contributed by atoms with van der Waals surface area (Å²) in [5.41, 5.74) is 7.85. The van der Waals surface area contributed by atoms with Gasteiger partial charge in [-0.1, -0.05) is 12.1 Å². The number of aromatic carboxylic acids is 2. The molecule has 5 N–H and O–H groups in total. The van der Waals surface area contributed by atoms with Crippen molar-refractivity contribution in [3.05, 3.63) is 58.7 Å². The fourth-order valence-electron chi connectivity index (χ4n) is 2.21. The number of carboxylic acid groups (broad SMARTS) is 2. The van der Waals surface area contributed by atoms with Crippen LogP contribution in [0.25, 0.3) is 0 Å². The van der Waals surface area contributed by atoms with Crippen molar-refractivity contribution in [1.29, 1.82) is 0 Å². The highest BCUT2D eigenvalue weighted by Crippen LogP contribution is 2.21. The fourth-order valence-corrected chi connectivity index (χ4v) is 2.21. The van der Waals surface area contributed by atoms with Crippen molar-refractivity contribution in [2.45, 2.75) is 26.4 Å². The lowest BCUT2D eigenvalue weighted by molar-refractivity contribution is -0.131. The van der Waals surface area contributed by atoms with E-state index in [0.717, 1.165) is 11.1 Å². The second-order valence-corrected chi connectivity index (χ2v) is 6.04. The second-order valence-electron chi connectivity index (χ2n) is 6.04. The molecule has 2 aromatic carbocycles. The van der Waals surface area contributed by atoms with Gasteiger partial charge in [0.05, 0.1) is 17.5 Å². The monoisotopic (exact) mass is 398 g/mol. The standard InChI is InChI=1S/C11H12F3NO2.C8H9NO2/c1-7-2-3-8(10(16)17)9(6-7)15-5-4-11(12,13)14;1-5-2-3-6(8(10)11)7(9)4-5/h2-3,6,15H,4-5H2,1H3,(H,16,17);2-4H,9H2,1H3,(H,10,11). The molecule has 0 unspecified atom stereocenters. The molecule has 152 valence electrons. The van der Waals surface area contributed by atoms with E-state index in [-0.39, 0.29) is 23.4 Å². The molecule has 0 bridgehead atoms. The number of hydrogen-bond donors (Lipinski definition) is 4. The molecular formula is C19H21F3N2O4. The van der Waals surface area contributed by atoms with Crippen molar-refractivity contribution in [2.24, 2.45) is 0 Å². The second kappa shape index (κ2) is 9.63. The highest BCUT2D eigenvalue weighted by atomic mass is 19.4. The summed E-state index contributed by atoms with van der Waals surface area (Å²) in [5.74, 6) is -2.15. The number of carboxylic acids is 2. The SMILES string of the molecule is Cc1ccc(C(=O)O)c(N)c1.Cc1ccc(C(=O)O)c(NCCC(F)(F)F)c1. The molecule has 0 saturated heterocycles. The van der Waals surface area contributed by atoms with E-state index in [9.17, 15) is 22.8 Å². The molecule has 0 heterocycles. The van der Waals surface area contributed by atoms with Crippen LogP contribution in [0.5, 0.6) is 0 Å². The van der Waals surface area contributed by atoms with E-state index >= 15 is 0 Å². The minimum absolute atomic E-state index is 0.0298. The summed E-state index contributed by atoms with van der Waals surface area (Å²) < 4.78 is 35.8. The molecule has 0 fully saturated rings. The number of anilines is 2. The number of hydrogen-bond acceptors (Lipinski definition) is 4. The zero-order valence-corrected chi connectivity index (χ0v) is 15.3. The molecule has 0 aliphatic heterocycles. The average Bonchev–Trinajstić information content (AvgIpc) is 2.53. The normalized spacial score (nSPS) is 10.6. The summed E-state index contributed by atoms with van der Waals surface area (Å²) >= 11 is 0. The van der Waals surface area contributed by atoms with Gasteiger partial charge in [-0.15, -0.1) is 0 Å². The van der Waals surface area contributed by atoms with E-state index < -0.39 is 24.5 Å². The van der Waals surface area contributed by atoms with Gasteiger partial charge in [-0.3, -0.25) is 0 Å². The predicted molar refractivity (Wildman–Crippen MR) is 99.9 cm³/mol. The van der Waals surface area contributed by atoms with Gasteiger partial charge in [0, 0.05) is 17.9 Å². The lowest BCUT2D eigenvalue weighted by atomic mass is 10.1. The Hall–Kier alpha value is -3.23. The van der Waals surface area contributed by atoms with Crippen LogP contribution in [-0.4, -0.2) is 34.9 Å². The predicted octanol–water partition coefficient (Wildman–Crippen LogP) is 4.33. The van der Waals surface area contributed by atoms with Crippen LogP contribution in [0.4, 0.5) is 24.5 Å². The third-order valence-corrected chi connectivity index (χ3v) is 3.57. The number of nitrogen functional groups attached to an aromatic ring is 1. The molecule has 0 amide bonds. The summed E-state index contributed by atoms with van der Waals surface area (Å²) in [6.45, 7) is 3.26. The molecule has 28 heavy (non-hydrogen) atoms. The van der Waals surface area contributed by atoms with Crippen LogP contribution in [-0.2, 0) is 0 Å². The molecule has 0 aliphatic carbocycles. The lowest BCUT2D eigenvalue weighted by Gasteiger charge is -2.11. The Morgan fingerprint density at radius 3 is 1.93 bits per heavy atom. The molecule has 6 nitrogen and oxygen atoms in total. The number of nitrogens with two attached hydrogens (primary N) is 1. The molecule has 2 rings (SSSR count). The Morgan fingerprint density at radius 1 is 0.964 bits per heavy atom. The number of nitrogens with one attached hydrogen (secondary N) is 1. The van der Waals surface area contributed by atoms with Crippen molar-refractivity contribution in [1.82, 2.24) is 0 Å². The van der Waals surface area contributed by atoms with E-state index in [1.54, 1.807) is 25.1 Å². The zero-order valence-electron chi connectivity index (χ0n) is 15.3. The van der Waals surface area contributed by atoms with E-state index in [1.807, 2.05) is 6.92 Å². The van der Waals surface area contributed by atoms with Crippen LogP contribution in [0.15, 0.2) is 36.4 Å². The van der Waals surface area contributed by atoms with Crippen LogP contribution in [0, 0.1) is 13.8 Å². The summed E-state index contributed by atoms with van der Waals surface area (Å²) in [7, 11) is 0.